The van der Waals surface area contributed by atoms with E-state index in [1.165, 1.54) is 12.1 Å². The molecule has 1 atom stereocenters. The summed E-state index contributed by atoms with van der Waals surface area (Å²) in [5.41, 5.74) is 8.03. The number of nitrogens with two attached hydrogens (primary N) is 1. The van der Waals surface area contributed by atoms with Crippen LogP contribution in [0.25, 0.3) is 0 Å². The molecule has 2 aromatic rings. The van der Waals surface area contributed by atoms with E-state index in [-0.39, 0.29) is 5.56 Å². The van der Waals surface area contributed by atoms with E-state index in [0.29, 0.717) is 6.61 Å². The van der Waals surface area contributed by atoms with Crippen LogP contribution in [0.5, 0.6) is 0 Å². The monoisotopic (exact) mass is 277 g/mol. The third kappa shape index (κ3) is 3.21. The van der Waals surface area contributed by atoms with Gasteiger partial charge in [0, 0.05) is 12.7 Å². The van der Waals surface area contributed by atoms with Crippen LogP contribution in [0.2, 0.25) is 0 Å². The topological polar surface area (TPSA) is 35.2 Å². The molecule has 0 bridgehead atoms. The molecule has 106 valence electrons. The summed E-state index contributed by atoms with van der Waals surface area (Å²) in [5, 5.41) is 0. The second-order valence-corrected chi connectivity index (χ2v) is 4.61. The second-order valence-electron chi connectivity index (χ2n) is 4.61. The third-order valence-electron chi connectivity index (χ3n) is 3.25. The summed E-state index contributed by atoms with van der Waals surface area (Å²) in [5.74, 6) is -1.77. The Bertz CT molecular complexity index is 569. The van der Waals surface area contributed by atoms with Crippen LogP contribution in [-0.2, 0) is 11.2 Å². The highest BCUT2D eigenvalue weighted by molar-refractivity contribution is 5.34. The van der Waals surface area contributed by atoms with Crippen LogP contribution in [0.15, 0.2) is 42.5 Å². The number of hydrogen-bond acceptors (Lipinski definition) is 2. The Labute approximate surface area is 117 Å². The van der Waals surface area contributed by atoms with Gasteiger partial charge in [-0.25, -0.2) is 8.78 Å². The molecule has 0 aliphatic carbocycles. The van der Waals surface area contributed by atoms with Gasteiger partial charge < -0.3 is 10.5 Å². The molecule has 20 heavy (non-hydrogen) atoms. The van der Waals surface area contributed by atoms with Gasteiger partial charge in [-0.2, -0.15) is 0 Å². The Balaban J connectivity index is 2.20. The quantitative estimate of drug-likeness (QED) is 0.911. The van der Waals surface area contributed by atoms with E-state index in [1.807, 2.05) is 24.3 Å². The van der Waals surface area contributed by atoms with Gasteiger partial charge in [-0.3, -0.25) is 0 Å². The highest BCUT2D eigenvalue weighted by Crippen LogP contribution is 2.24. The van der Waals surface area contributed by atoms with Crippen molar-refractivity contribution in [2.24, 2.45) is 5.73 Å². The van der Waals surface area contributed by atoms with Crippen molar-refractivity contribution in [3.8, 4) is 0 Å². The van der Waals surface area contributed by atoms with Crippen LogP contribution in [-0.4, -0.2) is 13.7 Å². The molecule has 0 spiro atoms. The predicted octanol–water partition coefficient (Wildman–Crippen LogP) is 3.20. The highest BCUT2D eigenvalue weighted by atomic mass is 19.2. The number of ether oxygens (including phenoxy) is 1. The Hall–Kier alpha value is -1.78. The van der Waals surface area contributed by atoms with Gasteiger partial charge in [0.05, 0.1) is 12.6 Å². The van der Waals surface area contributed by atoms with Gasteiger partial charge >= 0.3 is 0 Å². The summed E-state index contributed by atoms with van der Waals surface area (Å²) >= 11 is 0. The van der Waals surface area contributed by atoms with E-state index >= 15 is 0 Å². The first-order valence-corrected chi connectivity index (χ1v) is 6.40. The third-order valence-corrected chi connectivity index (χ3v) is 3.25. The van der Waals surface area contributed by atoms with E-state index in [2.05, 4.69) is 0 Å². The Morgan fingerprint density at radius 3 is 2.45 bits per heavy atom. The fourth-order valence-corrected chi connectivity index (χ4v) is 2.05. The summed E-state index contributed by atoms with van der Waals surface area (Å²) < 4.78 is 31.9. The van der Waals surface area contributed by atoms with Crippen molar-refractivity contribution in [3.63, 3.8) is 0 Å². The summed E-state index contributed by atoms with van der Waals surface area (Å²) in [6.45, 7) is 0.643. The Kier molecular flexibility index (Phi) is 4.82. The van der Waals surface area contributed by atoms with Crippen LogP contribution in [0.3, 0.4) is 0 Å². The molecule has 0 fully saturated rings. The molecule has 0 saturated carbocycles. The smallest absolute Gasteiger partial charge is 0.163 e. The van der Waals surface area contributed by atoms with Crippen molar-refractivity contribution in [2.75, 3.05) is 13.7 Å². The van der Waals surface area contributed by atoms with Crippen molar-refractivity contribution < 1.29 is 13.5 Å². The normalized spacial score (nSPS) is 12.4. The van der Waals surface area contributed by atoms with Gasteiger partial charge in [-0.05, 0) is 23.6 Å². The lowest BCUT2D eigenvalue weighted by atomic mass is 9.97. The molecule has 2 aromatic carbocycles. The zero-order valence-corrected chi connectivity index (χ0v) is 11.3. The molecule has 2 nitrogen and oxygen atoms in total. The Morgan fingerprint density at radius 2 is 1.80 bits per heavy atom. The van der Waals surface area contributed by atoms with Gasteiger partial charge in [0.2, 0.25) is 0 Å². The minimum atomic E-state index is -0.886. The van der Waals surface area contributed by atoms with Crippen molar-refractivity contribution >= 4 is 0 Å². The zero-order valence-electron chi connectivity index (χ0n) is 11.3. The molecule has 0 amide bonds. The number of methoxy groups -OCH3 is 1. The molecule has 2 rings (SSSR count). The van der Waals surface area contributed by atoms with Gasteiger partial charge in [-0.15, -0.1) is 0 Å². The fraction of sp³-hybridized carbons (Fsp3) is 0.250. The number of halogens is 2. The minimum absolute atomic E-state index is 0.162. The molecular formula is C16H17F2NO. The van der Waals surface area contributed by atoms with Crippen LogP contribution in [0.4, 0.5) is 8.78 Å². The molecular weight excluding hydrogens is 260 g/mol. The molecule has 2 N–H and O–H groups in total. The van der Waals surface area contributed by atoms with E-state index in [9.17, 15) is 8.78 Å². The molecule has 0 aliphatic heterocycles. The minimum Gasteiger partial charge on any atom is -0.384 e. The highest BCUT2D eigenvalue weighted by Gasteiger charge is 2.16. The first-order chi connectivity index (χ1) is 9.63. The molecule has 0 saturated heterocycles. The summed E-state index contributed by atoms with van der Waals surface area (Å²) in [6, 6.07) is 10.9. The lowest BCUT2D eigenvalue weighted by Crippen LogP contribution is -2.14. The standard InChI is InChI=1S/C16H17F2NO/c1-20-10-9-11-5-7-12(8-6-11)16(19)13-3-2-4-14(17)15(13)18/h2-8,16H,9-10,19H2,1H3. The average Bonchev–Trinajstić information content (AvgIpc) is 2.48. The summed E-state index contributed by atoms with van der Waals surface area (Å²) in [7, 11) is 1.65. The maximum absolute atomic E-state index is 13.7. The van der Waals surface area contributed by atoms with Gasteiger partial charge in [0.1, 0.15) is 0 Å². The predicted molar refractivity (Wildman–Crippen MR) is 74.4 cm³/mol. The summed E-state index contributed by atoms with van der Waals surface area (Å²) in [4.78, 5) is 0. The molecule has 1 unspecified atom stereocenters. The fourth-order valence-electron chi connectivity index (χ4n) is 2.05. The first-order valence-electron chi connectivity index (χ1n) is 6.40. The number of rotatable bonds is 5. The SMILES string of the molecule is COCCc1ccc(C(N)c2cccc(F)c2F)cc1. The zero-order chi connectivity index (χ0) is 14.5. The lowest BCUT2D eigenvalue weighted by Gasteiger charge is -2.14. The van der Waals surface area contributed by atoms with E-state index < -0.39 is 17.7 Å². The van der Waals surface area contributed by atoms with Crippen molar-refractivity contribution in [2.45, 2.75) is 12.5 Å². The maximum Gasteiger partial charge on any atom is 0.163 e. The van der Waals surface area contributed by atoms with Crippen LogP contribution in [0.1, 0.15) is 22.7 Å². The maximum atomic E-state index is 13.7. The van der Waals surface area contributed by atoms with Gasteiger partial charge in [0.25, 0.3) is 0 Å². The van der Waals surface area contributed by atoms with Crippen molar-refractivity contribution in [1.82, 2.24) is 0 Å². The summed E-state index contributed by atoms with van der Waals surface area (Å²) in [6.07, 6.45) is 0.806. The van der Waals surface area contributed by atoms with Crippen LogP contribution in [0, 0.1) is 11.6 Å². The first kappa shape index (κ1) is 14.6. The Morgan fingerprint density at radius 1 is 1.10 bits per heavy atom. The lowest BCUT2D eigenvalue weighted by molar-refractivity contribution is 0.202. The van der Waals surface area contributed by atoms with E-state index in [0.717, 1.165) is 23.6 Å². The molecule has 4 heteroatoms. The molecule has 0 radical (unpaired) electrons. The molecule has 0 aromatic heterocycles. The number of hydrogen-bond donors (Lipinski definition) is 1. The van der Waals surface area contributed by atoms with Crippen LogP contribution >= 0.6 is 0 Å². The van der Waals surface area contributed by atoms with Crippen molar-refractivity contribution in [3.05, 3.63) is 70.8 Å². The number of benzene rings is 2. The molecule has 0 aliphatic rings. The largest absolute Gasteiger partial charge is 0.384 e. The van der Waals surface area contributed by atoms with Gasteiger partial charge in [-0.1, -0.05) is 36.4 Å². The van der Waals surface area contributed by atoms with E-state index in [4.69, 9.17) is 10.5 Å². The average molecular weight is 277 g/mol. The van der Waals surface area contributed by atoms with Crippen molar-refractivity contribution in [1.29, 1.82) is 0 Å². The van der Waals surface area contributed by atoms with Crippen LogP contribution < -0.4 is 5.73 Å². The van der Waals surface area contributed by atoms with Gasteiger partial charge in [0.15, 0.2) is 11.6 Å². The van der Waals surface area contributed by atoms with E-state index in [1.54, 1.807) is 7.11 Å². The molecule has 0 heterocycles. The second kappa shape index (κ2) is 6.59.